The van der Waals surface area contributed by atoms with E-state index < -0.39 is 0 Å². The monoisotopic (exact) mass is 254 g/mol. The number of nitrogens with zero attached hydrogens (tertiary/aromatic N) is 1. The molecule has 0 spiro atoms. The number of thioether (sulfide) groups is 1. The zero-order valence-corrected chi connectivity index (χ0v) is 10.9. The molecule has 0 saturated carbocycles. The molecule has 1 heterocycles. The second kappa shape index (κ2) is 7.13. The van der Waals surface area contributed by atoms with Crippen LogP contribution in [0.25, 0.3) is 0 Å². The number of carbonyl (C=O) groups excluding carboxylic acids is 1. The Morgan fingerprint density at radius 2 is 2.35 bits per heavy atom. The summed E-state index contributed by atoms with van der Waals surface area (Å²) in [5.41, 5.74) is 3.54. The first kappa shape index (κ1) is 13.8. The predicted molar refractivity (Wildman–Crippen MR) is 72.0 cm³/mol. The maximum atomic E-state index is 11.7. The van der Waals surface area contributed by atoms with Gasteiger partial charge in [0.15, 0.2) is 0 Å². The molecule has 1 unspecified atom stereocenters. The molecule has 0 radical (unpaired) electrons. The minimum atomic E-state index is -0.151. The molecular formula is C11H18N4OS. The van der Waals surface area contributed by atoms with E-state index in [-0.39, 0.29) is 5.91 Å². The number of rotatable bonds is 6. The Kier molecular flexibility index (Phi) is 5.79. The van der Waals surface area contributed by atoms with Crippen molar-refractivity contribution in [3.8, 4) is 0 Å². The molecule has 94 valence electrons. The van der Waals surface area contributed by atoms with Crippen LogP contribution in [-0.4, -0.2) is 28.9 Å². The molecule has 1 rings (SSSR count). The van der Waals surface area contributed by atoms with E-state index in [0.717, 1.165) is 6.42 Å². The topological polar surface area (TPSA) is 80.0 Å². The summed E-state index contributed by atoms with van der Waals surface area (Å²) < 4.78 is 0. The third kappa shape index (κ3) is 4.62. The van der Waals surface area contributed by atoms with Crippen molar-refractivity contribution in [1.82, 2.24) is 10.3 Å². The van der Waals surface area contributed by atoms with Gasteiger partial charge in [0.05, 0.1) is 11.9 Å². The van der Waals surface area contributed by atoms with Gasteiger partial charge in [-0.2, -0.15) is 11.8 Å². The van der Waals surface area contributed by atoms with E-state index in [1.54, 1.807) is 23.9 Å². The minimum Gasteiger partial charge on any atom is -0.351 e. The summed E-state index contributed by atoms with van der Waals surface area (Å²) in [7, 11) is 0. The fourth-order valence-electron chi connectivity index (χ4n) is 1.21. The van der Waals surface area contributed by atoms with Crippen LogP contribution in [0.2, 0.25) is 0 Å². The minimum absolute atomic E-state index is 0.151. The molecule has 17 heavy (non-hydrogen) atoms. The van der Waals surface area contributed by atoms with E-state index >= 15 is 0 Å². The van der Waals surface area contributed by atoms with E-state index in [2.05, 4.69) is 28.9 Å². The summed E-state index contributed by atoms with van der Waals surface area (Å²) >= 11 is 1.79. The average molecular weight is 254 g/mol. The standard InChI is InChI=1S/C11H18N4OS/c1-8(17-2)5-6-13-11(16)10-4-3-9(15-12)7-14-10/h3-4,7-8,15H,5-6,12H2,1-2H3,(H,13,16). The van der Waals surface area contributed by atoms with Crippen molar-refractivity contribution in [2.45, 2.75) is 18.6 Å². The number of anilines is 1. The lowest BCUT2D eigenvalue weighted by Crippen LogP contribution is -2.26. The number of hydrogen-bond acceptors (Lipinski definition) is 5. The quantitative estimate of drug-likeness (QED) is 0.526. The number of amides is 1. The van der Waals surface area contributed by atoms with Gasteiger partial charge in [-0.3, -0.25) is 10.6 Å². The summed E-state index contributed by atoms with van der Waals surface area (Å²) in [5.74, 6) is 5.06. The van der Waals surface area contributed by atoms with Gasteiger partial charge in [0, 0.05) is 11.8 Å². The fraction of sp³-hybridized carbons (Fsp3) is 0.455. The van der Waals surface area contributed by atoms with E-state index in [1.807, 2.05) is 0 Å². The first-order chi connectivity index (χ1) is 8.17. The Labute approximate surface area is 106 Å². The smallest absolute Gasteiger partial charge is 0.269 e. The Morgan fingerprint density at radius 1 is 1.59 bits per heavy atom. The molecule has 4 N–H and O–H groups in total. The maximum Gasteiger partial charge on any atom is 0.269 e. The molecule has 1 atom stereocenters. The van der Waals surface area contributed by atoms with E-state index in [9.17, 15) is 4.79 Å². The first-order valence-corrected chi connectivity index (χ1v) is 6.69. The van der Waals surface area contributed by atoms with Crippen LogP contribution in [0.15, 0.2) is 18.3 Å². The highest BCUT2D eigenvalue weighted by Gasteiger charge is 2.07. The molecule has 0 saturated heterocycles. The summed E-state index contributed by atoms with van der Waals surface area (Å²) in [6.07, 6.45) is 4.54. The zero-order chi connectivity index (χ0) is 12.7. The summed E-state index contributed by atoms with van der Waals surface area (Å²) in [5, 5.41) is 3.38. The largest absolute Gasteiger partial charge is 0.351 e. The van der Waals surface area contributed by atoms with Crippen LogP contribution < -0.4 is 16.6 Å². The number of hydrogen-bond donors (Lipinski definition) is 3. The fourth-order valence-corrected chi connectivity index (χ4v) is 1.56. The lowest BCUT2D eigenvalue weighted by atomic mass is 10.3. The molecule has 5 nitrogen and oxygen atoms in total. The van der Waals surface area contributed by atoms with Gasteiger partial charge in [-0.25, -0.2) is 4.98 Å². The van der Waals surface area contributed by atoms with Crippen molar-refractivity contribution >= 4 is 23.4 Å². The highest BCUT2D eigenvalue weighted by Crippen LogP contribution is 2.08. The van der Waals surface area contributed by atoms with Gasteiger partial charge in [-0.15, -0.1) is 0 Å². The lowest BCUT2D eigenvalue weighted by Gasteiger charge is -2.09. The van der Waals surface area contributed by atoms with Gasteiger partial charge in [0.1, 0.15) is 5.69 Å². The number of carbonyl (C=O) groups is 1. The molecule has 1 aromatic rings. The molecule has 0 fully saturated rings. The molecule has 1 aromatic heterocycles. The average Bonchev–Trinajstić information content (AvgIpc) is 2.38. The summed E-state index contributed by atoms with van der Waals surface area (Å²) in [6, 6.07) is 3.36. The molecule has 0 aliphatic heterocycles. The Balaban J connectivity index is 2.41. The van der Waals surface area contributed by atoms with Gasteiger partial charge >= 0.3 is 0 Å². The Morgan fingerprint density at radius 3 is 2.88 bits per heavy atom. The van der Waals surface area contributed by atoms with Crippen LogP contribution in [0.4, 0.5) is 5.69 Å². The van der Waals surface area contributed by atoms with Crippen LogP contribution in [0.3, 0.4) is 0 Å². The SMILES string of the molecule is CSC(C)CCNC(=O)c1ccc(NN)cn1. The van der Waals surface area contributed by atoms with Gasteiger partial charge in [-0.1, -0.05) is 6.92 Å². The lowest BCUT2D eigenvalue weighted by molar-refractivity contribution is 0.0948. The molecule has 0 aromatic carbocycles. The number of nitrogens with one attached hydrogen (secondary N) is 2. The van der Waals surface area contributed by atoms with Gasteiger partial charge in [-0.05, 0) is 24.8 Å². The Hall–Kier alpha value is -1.27. The van der Waals surface area contributed by atoms with Crippen molar-refractivity contribution in [1.29, 1.82) is 0 Å². The third-order valence-electron chi connectivity index (χ3n) is 2.40. The first-order valence-electron chi connectivity index (χ1n) is 5.41. The normalized spacial score (nSPS) is 11.9. The number of aromatic nitrogens is 1. The number of nitrogen functional groups attached to an aromatic ring is 1. The van der Waals surface area contributed by atoms with Crippen LogP contribution >= 0.6 is 11.8 Å². The molecule has 0 bridgehead atoms. The van der Waals surface area contributed by atoms with Crippen molar-refractivity contribution < 1.29 is 4.79 Å². The number of hydrazine groups is 1. The molecule has 1 amide bonds. The highest BCUT2D eigenvalue weighted by atomic mass is 32.2. The number of pyridine rings is 1. The second-order valence-corrected chi connectivity index (χ2v) is 4.94. The predicted octanol–water partition coefficient (Wildman–Crippen LogP) is 1.24. The van der Waals surface area contributed by atoms with Gasteiger partial charge < -0.3 is 10.7 Å². The van der Waals surface area contributed by atoms with Crippen molar-refractivity contribution in [2.75, 3.05) is 18.2 Å². The summed E-state index contributed by atoms with van der Waals surface area (Å²) in [4.78, 5) is 15.7. The van der Waals surface area contributed by atoms with E-state index in [0.29, 0.717) is 23.2 Å². The highest BCUT2D eigenvalue weighted by molar-refractivity contribution is 7.99. The second-order valence-electron chi connectivity index (χ2n) is 3.67. The van der Waals surface area contributed by atoms with Crippen LogP contribution in [-0.2, 0) is 0 Å². The van der Waals surface area contributed by atoms with Crippen LogP contribution in [0, 0.1) is 0 Å². The maximum absolute atomic E-state index is 11.7. The van der Waals surface area contributed by atoms with Crippen molar-refractivity contribution in [3.63, 3.8) is 0 Å². The third-order valence-corrected chi connectivity index (χ3v) is 3.44. The van der Waals surface area contributed by atoms with Crippen molar-refractivity contribution in [3.05, 3.63) is 24.0 Å². The van der Waals surface area contributed by atoms with E-state index in [4.69, 9.17) is 5.84 Å². The molecule has 0 aliphatic carbocycles. The molecule has 6 heteroatoms. The summed E-state index contributed by atoms with van der Waals surface area (Å²) in [6.45, 7) is 2.80. The molecular weight excluding hydrogens is 236 g/mol. The Bertz CT molecular complexity index is 355. The zero-order valence-electron chi connectivity index (χ0n) is 10.1. The van der Waals surface area contributed by atoms with E-state index in [1.165, 1.54) is 6.20 Å². The van der Waals surface area contributed by atoms with Gasteiger partial charge in [0.2, 0.25) is 0 Å². The van der Waals surface area contributed by atoms with Crippen LogP contribution in [0.5, 0.6) is 0 Å². The number of nitrogens with two attached hydrogens (primary N) is 1. The van der Waals surface area contributed by atoms with Crippen LogP contribution in [0.1, 0.15) is 23.8 Å². The van der Waals surface area contributed by atoms with Crippen molar-refractivity contribution in [2.24, 2.45) is 5.84 Å². The molecule has 0 aliphatic rings. The van der Waals surface area contributed by atoms with Gasteiger partial charge in [0.25, 0.3) is 5.91 Å².